The van der Waals surface area contributed by atoms with Crippen LogP contribution >= 0.6 is 0 Å². The molecule has 1 N–H and O–H groups in total. The Balaban J connectivity index is 3.24. The molecule has 5 nitrogen and oxygen atoms in total. The Bertz CT molecular complexity index is 459. The molecule has 0 aliphatic carbocycles. The van der Waals surface area contributed by atoms with Crippen LogP contribution in [0.2, 0.25) is 0 Å². The van der Waals surface area contributed by atoms with Gasteiger partial charge >= 0.3 is 12.3 Å². The summed E-state index contributed by atoms with van der Waals surface area (Å²) in [7, 11) is 1.27. The molecule has 8 heteroatoms. The summed E-state index contributed by atoms with van der Waals surface area (Å²) in [6.07, 6.45) is -5.53. The van der Waals surface area contributed by atoms with E-state index in [0.29, 0.717) is 0 Å². The molecule has 0 bridgehead atoms. The molecule has 1 rings (SSSR count). The standard InChI is InChI=1S/C10H10F3NO4/c1-5-9(18-10(11,12)13)6(4-8(15)16)3-7(14-5)17-2/h3H,4H2,1-2H3,(H,15,16). The number of halogens is 3. The monoisotopic (exact) mass is 265 g/mol. The number of aliphatic carboxylic acids is 1. The van der Waals surface area contributed by atoms with Crippen LogP contribution in [0.15, 0.2) is 6.07 Å². The third-order valence-corrected chi connectivity index (χ3v) is 1.96. The normalized spacial score (nSPS) is 11.2. The summed E-state index contributed by atoms with van der Waals surface area (Å²) < 4.78 is 45.1. The van der Waals surface area contributed by atoms with Gasteiger partial charge in [0.15, 0.2) is 5.75 Å². The first-order valence-electron chi connectivity index (χ1n) is 4.75. The van der Waals surface area contributed by atoms with Crippen LogP contribution in [0.25, 0.3) is 0 Å². The average Bonchev–Trinajstić information content (AvgIpc) is 2.20. The van der Waals surface area contributed by atoms with Gasteiger partial charge in [0.1, 0.15) is 0 Å². The zero-order chi connectivity index (χ0) is 13.9. The second kappa shape index (κ2) is 5.11. The highest BCUT2D eigenvalue weighted by Gasteiger charge is 2.33. The number of nitrogens with zero attached hydrogens (tertiary/aromatic N) is 1. The number of pyridine rings is 1. The first-order valence-corrected chi connectivity index (χ1v) is 4.75. The van der Waals surface area contributed by atoms with Crippen molar-refractivity contribution in [3.8, 4) is 11.6 Å². The number of hydrogen-bond acceptors (Lipinski definition) is 4. The van der Waals surface area contributed by atoms with Crippen molar-refractivity contribution < 1.29 is 32.5 Å². The predicted molar refractivity (Wildman–Crippen MR) is 53.5 cm³/mol. The van der Waals surface area contributed by atoms with E-state index in [9.17, 15) is 18.0 Å². The average molecular weight is 265 g/mol. The van der Waals surface area contributed by atoms with E-state index >= 15 is 0 Å². The van der Waals surface area contributed by atoms with Gasteiger partial charge in [0, 0.05) is 11.6 Å². The summed E-state index contributed by atoms with van der Waals surface area (Å²) in [5, 5.41) is 8.65. The minimum atomic E-state index is -4.91. The molecule has 0 aliphatic rings. The van der Waals surface area contributed by atoms with Gasteiger partial charge < -0.3 is 14.6 Å². The van der Waals surface area contributed by atoms with E-state index in [1.54, 1.807) is 0 Å². The molecule has 1 aromatic rings. The van der Waals surface area contributed by atoms with Crippen molar-refractivity contribution in [3.63, 3.8) is 0 Å². The molecule has 0 fully saturated rings. The van der Waals surface area contributed by atoms with Crippen molar-refractivity contribution in [3.05, 3.63) is 17.3 Å². The van der Waals surface area contributed by atoms with Gasteiger partial charge in [0.2, 0.25) is 5.88 Å². The quantitative estimate of drug-likeness (QED) is 0.900. The number of ether oxygens (including phenoxy) is 2. The number of methoxy groups -OCH3 is 1. The number of aromatic nitrogens is 1. The molecule has 100 valence electrons. The number of alkyl halides is 3. The van der Waals surface area contributed by atoms with Gasteiger partial charge in [0.05, 0.1) is 19.2 Å². The highest BCUT2D eigenvalue weighted by molar-refractivity contribution is 5.71. The third kappa shape index (κ3) is 3.79. The molecule has 0 spiro atoms. The second-order valence-electron chi connectivity index (χ2n) is 3.36. The zero-order valence-corrected chi connectivity index (χ0v) is 9.54. The Hall–Kier alpha value is -1.99. The maximum atomic E-state index is 12.2. The SMILES string of the molecule is COc1cc(CC(=O)O)c(OC(F)(F)F)c(C)n1. The van der Waals surface area contributed by atoms with E-state index in [2.05, 4.69) is 9.72 Å². The van der Waals surface area contributed by atoms with Gasteiger partial charge in [0.25, 0.3) is 0 Å². The Morgan fingerprint density at radius 3 is 2.56 bits per heavy atom. The summed E-state index contributed by atoms with van der Waals surface area (Å²) in [5.41, 5.74) is -0.243. The van der Waals surface area contributed by atoms with Crippen LogP contribution in [0.3, 0.4) is 0 Å². The third-order valence-electron chi connectivity index (χ3n) is 1.96. The van der Waals surface area contributed by atoms with E-state index in [1.165, 1.54) is 14.0 Å². The van der Waals surface area contributed by atoms with Crippen LogP contribution in [0, 0.1) is 6.92 Å². The smallest absolute Gasteiger partial charge is 0.481 e. The summed E-state index contributed by atoms with van der Waals surface area (Å²) in [4.78, 5) is 14.3. The lowest BCUT2D eigenvalue weighted by Crippen LogP contribution is -2.20. The van der Waals surface area contributed by atoms with Crippen molar-refractivity contribution in [2.24, 2.45) is 0 Å². The number of carbonyl (C=O) groups is 1. The minimum absolute atomic E-state index is 0.0262. The topological polar surface area (TPSA) is 68.7 Å². The summed E-state index contributed by atoms with van der Waals surface area (Å²) in [6, 6.07) is 1.10. The maximum Gasteiger partial charge on any atom is 0.573 e. The van der Waals surface area contributed by atoms with Crippen LogP contribution in [0.5, 0.6) is 11.6 Å². The molecule has 1 aromatic heterocycles. The van der Waals surface area contributed by atoms with Crippen LogP contribution in [0.4, 0.5) is 13.2 Å². The fraction of sp³-hybridized carbons (Fsp3) is 0.400. The lowest BCUT2D eigenvalue weighted by molar-refractivity contribution is -0.275. The van der Waals surface area contributed by atoms with Gasteiger partial charge in [-0.05, 0) is 6.92 Å². The maximum absolute atomic E-state index is 12.2. The highest BCUT2D eigenvalue weighted by Crippen LogP contribution is 2.31. The summed E-state index contributed by atoms with van der Waals surface area (Å²) in [6.45, 7) is 1.27. The van der Waals surface area contributed by atoms with Crippen molar-refractivity contribution in [2.45, 2.75) is 19.7 Å². The van der Waals surface area contributed by atoms with Gasteiger partial charge in [-0.1, -0.05) is 0 Å². The molecule has 0 aromatic carbocycles. The molecule has 0 aliphatic heterocycles. The van der Waals surface area contributed by atoms with Crippen LogP contribution in [-0.4, -0.2) is 29.5 Å². The molecule has 0 saturated carbocycles. The Morgan fingerprint density at radius 1 is 1.50 bits per heavy atom. The van der Waals surface area contributed by atoms with E-state index in [0.717, 1.165) is 6.07 Å². The zero-order valence-electron chi connectivity index (χ0n) is 9.54. The Kier molecular flexibility index (Phi) is 4.00. The minimum Gasteiger partial charge on any atom is -0.481 e. The van der Waals surface area contributed by atoms with E-state index < -0.39 is 24.5 Å². The first-order chi connectivity index (χ1) is 8.23. The van der Waals surface area contributed by atoms with Crippen LogP contribution in [0.1, 0.15) is 11.3 Å². The van der Waals surface area contributed by atoms with Gasteiger partial charge in [-0.15, -0.1) is 13.2 Å². The van der Waals surface area contributed by atoms with Gasteiger partial charge in [-0.25, -0.2) is 4.98 Å². The molecule has 0 amide bonds. The molecule has 0 atom stereocenters. The fourth-order valence-corrected chi connectivity index (χ4v) is 1.35. The van der Waals surface area contributed by atoms with E-state index in [1.807, 2.05) is 0 Å². The molecule has 0 unspecified atom stereocenters. The molecular formula is C10H10F3NO4. The van der Waals surface area contributed by atoms with Crippen LogP contribution < -0.4 is 9.47 Å². The lowest BCUT2D eigenvalue weighted by Gasteiger charge is -2.15. The number of carboxylic acids is 1. The molecule has 0 saturated heterocycles. The largest absolute Gasteiger partial charge is 0.573 e. The summed E-state index contributed by atoms with van der Waals surface area (Å²) >= 11 is 0. The Morgan fingerprint density at radius 2 is 2.11 bits per heavy atom. The van der Waals surface area contributed by atoms with Gasteiger partial charge in [-0.2, -0.15) is 0 Å². The number of hydrogen-bond donors (Lipinski definition) is 1. The number of rotatable bonds is 4. The summed E-state index contributed by atoms with van der Waals surface area (Å²) in [5.74, 6) is -1.86. The molecule has 0 radical (unpaired) electrons. The molecule has 18 heavy (non-hydrogen) atoms. The van der Waals surface area contributed by atoms with Crippen molar-refractivity contribution >= 4 is 5.97 Å². The second-order valence-corrected chi connectivity index (χ2v) is 3.36. The van der Waals surface area contributed by atoms with Crippen molar-refractivity contribution in [1.29, 1.82) is 0 Å². The molecular weight excluding hydrogens is 255 g/mol. The lowest BCUT2D eigenvalue weighted by atomic mass is 10.1. The van der Waals surface area contributed by atoms with Gasteiger partial charge in [-0.3, -0.25) is 4.79 Å². The molecule has 1 heterocycles. The van der Waals surface area contributed by atoms with E-state index in [4.69, 9.17) is 9.84 Å². The highest BCUT2D eigenvalue weighted by atomic mass is 19.4. The number of aryl methyl sites for hydroxylation is 1. The van der Waals surface area contributed by atoms with Crippen LogP contribution in [-0.2, 0) is 11.2 Å². The Labute approximate surface area is 100 Å². The number of carboxylic acid groups (broad SMARTS) is 1. The first kappa shape index (κ1) is 14.1. The van der Waals surface area contributed by atoms with Crippen molar-refractivity contribution in [1.82, 2.24) is 4.98 Å². The predicted octanol–water partition coefficient (Wildman–Crippen LogP) is 1.92. The van der Waals surface area contributed by atoms with E-state index in [-0.39, 0.29) is 17.1 Å². The van der Waals surface area contributed by atoms with Crippen molar-refractivity contribution in [2.75, 3.05) is 7.11 Å². The fourth-order valence-electron chi connectivity index (χ4n) is 1.35.